The van der Waals surface area contributed by atoms with E-state index in [1.165, 1.54) is 0 Å². The maximum atomic E-state index is 13.3. The fourth-order valence-corrected chi connectivity index (χ4v) is 4.24. The minimum Gasteiger partial charge on any atom is -0.385 e. The Kier molecular flexibility index (Phi) is 6.32. The quantitative estimate of drug-likeness (QED) is 0.697. The van der Waals surface area contributed by atoms with E-state index in [9.17, 15) is 14.4 Å². The number of carbonyl (C=O) groups is 3. The predicted octanol–water partition coefficient (Wildman–Crippen LogP) is 2.60. The van der Waals surface area contributed by atoms with E-state index >= 15 is 0 Å². The molecule has 2 heterocycles. The van der Waals surface area contributed by atoms with Gasteiger partial charge in [0.25, 0.3) is 11.8 Å². The second-order valence-corrected chi connectivity index (χ2v) is 7.90. The minimum absolute atomic E-state index is 0.0456. The fraction of sp³-hybridized carbons (Fsp3) is 0.375. The van der Waals surface area contributed by atoms with Crippen LogP contribution in [0.1, 0.15) is 45.5 Å². The molecule has 7 heteroatoms. The van der Waals surface area contributed by atoms with Crippen LogP contribution in [0.5, 0.6) is 0 Å². The van der Waals surface area contributed by atoms with Gasteiger partial charge in [0.05, 0.1) is 17.8 Å². The molecule has 1 N–H and O–H groups in total. The predicted molar refractivity (Wildman–Crippen MR) is 117 cm³/mol. The van der Waals surface area contributed by atoms with E-state index in [1.807, 2.05) is 30.3 Å². The van der Waals surface area contributed by atoms with Crippen molar-refractivity contribution in [1.82, 2.24) is 10.2 Å². The number of para-hydroxylation sites is 1. The molecular formula is C24H27N3O4. The van der Waals surface area contributed by atoms with Crippen LogP contribution >= 0.6 is 0 Å². The summed E-state index contributed by atoms with van der Waals surface area (Å²) >= 11 is 0. The standard InChI is InChI=1S/C24H27N3O4/c1-31-15-5-13-25-22(28)18-11-9-17(10-12-18)16-27-20-7-3-2-6-19(20)23(29)26-14-4-8-21(26)24(27)30/h2-3,6-7,9-12,21H,4-5,8,13-16H2,1H3,(H,25,28)/t21-/m0/s1. The van der Waals surface area contributed by atoms with Gasteiger partial charge >= 0.3 is 0 Å². The highest BCUT2D eigenvalue weighted by Gasteiger charge is 2.41. The maximum Gasteiger partial charge on any atom is 0.256 e. The SMILES string of the molecule is COCCCNC(=O)c1ccc(CN2C(=O)[C@@H]3CCCN3C(=O)c3ccccc32)cc1. The Morgan fingerprint density at radius 2 is 1.90 bits per heavy atom. The lowest BCUT2D eigenvalue weighted by Crippen LogP contribution is -2.44. The van der Waals surface area contributed by atoms with Crippen molar-refractivity contribution in [3.05, 3.63) is 65.2 Å². The van der Waals surface area contributed by atoms with Crippen LogP contribution in [0.25, 0.3) is 0 Å². The summed E-state index contributed by atoms with van der Waals surface area (Å²) in [7, 11) is 1.63. The van der Waals surface area contributed by atoms with Gasteiger partial charge in [-0.3, -0.25) is 14.4 Å². The number of methoxy groups -OCH3 is 1. The van der Waals surface area contributed by atoms with Crippen molar-refractivity contribution in [2.45, 2.75) is 31.8 Å². The van der Waals surface area contributed by atoms with Gasteiger partial charge < -0.3 is 19.9 Å². The van der Waals surface area contributed by atoms with Crippen molar-refractivity contribution >= 4 is 23.4 Å². The molecule has 0 bridgehead atoms. The van der Waals surface area contributed by atoms with E-state index in [0.29, 0.717) is 49.5 Å². The molecule has 31 heavy (non-hydrogen) atoms. The van der Waals surface area contributed by atoms with Crippen molar-refractivity contribution in [1.29, 1.82) is 0 Å². The lowest BCUT2D eigenvalue weighted by atomic mass is 10.1. The van der Waals surface area contributed by atoms with Gasteiger partial charge in [0.1, 0.15) is 6.04 Å². The van der Waals surface area contributed by atoms with Crippen LogP contribution in [0.2, 0.25) is 0 Å². The Morgan fingerprint density at radius 3 is 2.68 bits per heavy atom. The second kappa shape index (κ2) is 9.31. The van der Waals surface area contributed by atoms with Crippen molar-refractivity contribution in [2.75, 3.05) is 31.7 Å². The third-order valence-corrected chi connectivity index (χ3v) is 5.86. The average Bonchev–Trinajstić information content (AvgIpc) is 3.27. The second-order valence-electron chi connectivity index (χ2n) is 7.90. The number of ether oxygens (including phenoxy) is 1. The van der Waals surface area contributed by atoms with Crippen LogP contribution in [-0.2, 0) is 16.1 Å². The number of amides is 3. The van der Waals surface area contributed by atoms with Gasteiger partial charge in [-0.2, -0.15) is 0 Å². The molecule has 2 aromatic rings. The van der Waals surface area contributed by atoms with Crippen LogP contribution in [0.4, 0.5) is 5.69 Å². The third kappa shape index (κ3) is 4.32. The van der Waals surface area contributed by atoms with Gasteiger partial charge in [0, 0.05) is 32.4 Å². The first-order valence-electron chi connectivity index (χ1n) is 10.7. The molecule has 0 aromatic heterocycles. The Balaban J connectivity index is 1.53. The first kappa shape index (κ1) is 21.1. The molecule has 1 saturated heterocycles. The van der Waals surface area contributed by atoms with Crippen LogP contribution in [0.15, 0.2) is 48.5 Å². The van der Waals surface area contributed by atoms with Crippen LogP contribution in [-0.4, -0.2) is 55.5 Å². The van der Waals surface area contributed by atoms with Gasteiger partial charge in [0.15, 0.2) is 0 Å². The van der Waals surface area contributed by atoms with E-state index in [4.69, 9.17) is 4.74 Å². The van der Waals surface area contributed by atoms with Crippen LogP contribution in [0.3, 0.4) is 0 Å². The van der Waals surface area contributed by atoms with Crippen LogP contribution in [0, 0.1) is 0 Å². The summed E-state index contributed by atoms with van der Waals surface area (Å²) in [5.41, 5.74) is 2.68. The van der Waals surface area contributed by atoms with Crippen molar-refractivity contribution < 1.29 is 19.1 Å². The molecule has 4 rings (SSSR count). The summed E-state index contributed by atoms with van der Waals surface area (Å²) in [6, 6.07) is 14.1. The molecule has 0 spiro atoms. The van der Waals surface area contributed by atoms with Gasteiger partial charge in [-0.05, 0) is 49.1 Å². The van der Waals surface area contributed by atoms with E-state index in [0.717, 1.165) is 18.4 Å². The summed E-state index contributed by atoms with van der Waals surface area (Å²) in [5.74, 6) is -0.253. The number of rotatable bonds is 7. The van der Waals surface area contributed by atoms with Crippen LogP contribution < -0.4 is 10.2 Å². The number of hydrogen-bond acceptors (Lipinski definition) is 4. The first-order valence-corrected chi connectivity index (χ1v) is 10.7. The largest absolute Gasteiger partial charge is 0.385 e. The summed E-state index contributed by atoms with van der Waals surface area (Å²) in [5, 5.41) is 2.87. The molecule has 0 aliphatic carbocycles. The Hall–Kier alpha value is -3.19. The molecule has 7 nitrogen and oxygen atoms in total. The molecule has 0 unspecified atom stereocenters. The highest BCUT2D eigenvalue weighted by Crippen LogP contribution is 2.33. The smallest absolute Gasteiger partial charge is 0.256 e. The zero-order valence-corrected chi connectivity index (χ0v) is 17.7. The number of carbonyl (C=O) groups excluding carboxylic acids is 3. The van der Waals surface area contributed by atoms with Crippen molar-refractivity contribution in [2.24, 2.45) is 0 Å². The Bertz CT molecular complexity index is 973. The van der Waals surface area contributed by atoms with Crippen molar-refractivity contribution in [3.8, 4) is 0 Å². The highest BCUT2D eigenvalue weighted by atomic mass is 16.5. The van der Waals surface area contributed by atoms with E-state index < -0.39 is 6.04 Å². The summed E-state index contributed by atoms with van der Waals surface area (Å²) < 4.78 is 4.99. The Labute approximate surface area is 182 Å². The minimum atomic E-state index is -0.406. The Morgan fingerprint density at radius 1 is 1.13 bits per heavy atom. The molecule has 2 aliphatic heterocycles. The molecule has 2 aromatic carbocycles. The van der Waals surface area contributed by atoms with E-state index in [1.54, 1.807) is 35.1 Å². The van der Waals surface area contributed by atoms with Gasteiger partial charge in [-0.15, -0.1) is 0 Å². The highest BCUT2D eigenvalue weighted by molar-refractivity contribution is 6.11. The number of nitrogens with zero attached hydrogens (tertiary/aromatic N) is 2. The number of fused-ring (bicyclic) bond motifs is 2. The van der Waals surface area contributed by atoms with E-state index in [-0.39, 0.29) is 17.7 Å². The van der Waals surface area contributed by atoms with Gasteiger partial charge in [0.2, 0.25) is 5.91 Å². The number of nitrogens with one attached hydrogen (secondary N) is 1. The lowest BCUT2D eigenvalue weighted by molar-refractivity contribution is -0.122. The molecule has 3 amide bonds. The molecule has 1 atom stereocenters. The molecule has 0 saturated carbocycles. The monoisotopic (exact) mass is 421 g/mol. The zero-order chi connectivity index (χ0) is 21.8. The first-order chi connectivity index (χ1) is 15.1. The van der Waals surface area contributed by atoms with Gasteiger partial charge in [-0.25, -0.2) is 0 Å². The third-order valence-electron chi connectivity index (χ3n) is 5.86. The maximum absolute atomic E-state index is 13.3. The molecule has 162 valence electrons. The molecule has 0 radical (unpaired) electrons. The topological polar surface area (TPSA) is 79.0 Å². The van der Waals surface area contributed by atoms with Gasteiger partial charge in [-0.1, -0.05) is 24.3 Å². The molecule has 2 aliphatic rings. The lowest BCUT2D eigenvalue weighted by Gasteiger charge is -2.26. The van der Waals surface area contributed by atoms with Crippen molar-refractivity contribution in [3.63, 3.8) is 0 Å². The molecule has 1 fully saturated rings. The average molecular weight is 421 g/mol. The summed E-state index contributed by atoms with van der Waals surface area (Å²) in [6.07, 6.45) is 2.29. The summed E-state index contributed by atoms with van der Waals surface area (Å²) in [6.45, 7) is 2.12. The zero-order valence-electron chi connectivity index (χ0n) is 17.7. The normalized spacial score (nSPS) is 17.9. The number of anilines is 1. The fourth-order valence-electron chi connectivity index (χ4n) is 4.24. The number of benzene rings is 2. The number of hydrogen-bond donors (Lipinski definition) is 1. The van der Waals surface area contributed by atoms with E-state index in [2.05, 4.69) is 5.32 Å². The summed E-state index contributed by atoms with van der Waals surface area (Å²) in [4.78, 5) is 42.0. The molecular weight excluding hydrogens is 394 g/mol.